The molecule has 4 aliphatic rings. The van der Waals surface area contributed by atoms with Crippen LogP contribution < -0.4 is 15.0 Å². The van der Waals surface area contributed by atoms with E-state index in [-0.39, 0.29) is 59.6 Å². The van der Waals surface area contributed by atoms with E-state index in [1.807, 2.05) is 17.0 Å². The first-order valence-electron chi connectivity index (χ1n) is 17.6. The highest BCUT2D eigenvalue weighted by Crippen LogP contribution is 2.48. The van der Waals surface area contributed by atoms with Gasteiger partial charge < -0.3 is 15.0 Å². The molecule has 0 radical (unpaired) electrons. The molecule has 3 aliphatic heterocycles. The van der Waals surface area contributed by atoms with Crippen molar-refractivity contribution in [3.63, 3.8) is 0 Å². The number of aromatic nitrogens is 3. The Labute approximate surface area is 287 Å². The van der Waals surface area contributed by atoms with Crippen LogP contribution in [0.5, 0.6) is 6.01 Å². The highest BCUT2D eigenvalue weighted by molar-refractivity contribution is 6.01. The van der Waals surface area contributed by atoms with Crippen molar-refractivity contribution >= 4 is 27.5 Å². The van der Waals surface area contributed by atoms with Crippen LogP contribution in [0.4, 0.5) is 27.8 Å². The molecule has 2 aromatic carbocycles. The molecule has 2 saturated heterocycles. The van der Waals surface area contributed by atoms with Gasteiger partial charge in [0.05, 0.1) is 23.8 Å². The van der Waals surface area contributed by atoms with E-state index in [2.05, 4.69) is 28.8 Å². The first-order valence-corrected chi connectivity index (χ1v) is 17.6. The standard InChI is InChI=1S/C37H41F5N6O2/c1-4-26-33-20(2)16-27-29-32(30(39)31(44-27)24-7-5-6-22-8-9-25(38)21(3)28(22)24)45-35(46-34(29)48(33)15-13-43-26)49-19-36(11-12-36)18-47-14-10-23(17-47)50-37(40,41)42/h5-9,20,23,26,33,43H,4,10-19H2,1-3H3/t20-,23-,26-,33-/m0/s1. The van der Waals surface area contributed by atoms with Gasteiger partial charge in [-0.1, -0.05) is 38.1 Å². The number of fused-ring (bicyclic) bond motifs is 3. The molecule has 0 bridgehead atoms. The Morgan fingerprint density at radius 2 is 1.86 bits per heavy atom. The van der Waals surface area contributed by atoms with Gasteiger partial charge in [0.25, 0.3) is 0 Å². The number of rotatable bonds is 8. The number of pyridine rings is 1. The number of halogens is 5. The van der Waals surface area contributed by atoms with Crippen molar-refractivity contribution in [3.05, 3.63) is 53.2 Å². The monoisotopic (exact) mass is 696 g/mol. The summed E-state index contributed by atoms with van der Waals surface area (Å²) in [6, 6.07) is 8.91. The second-order valence-corrected chi connectivity index (χ2v) is 14.7. The summed E-state index contributed by atoms with van der Waals surface area (Å²) in [6.07, 6.45) is -2.02. The molecule has 5 heterocycles. The van der Waals surface area contributed by atoms with Crippen molar-refractivity contribution in [1.29, 1.82) is 0 Å². The maximum Gasteiger partial charge on any atom is 0.522 e. The molecular formula is C37H41F5N6O2. The molecule has 13 heteroatoms. The number of ether oxygens (including phenoxy) is 2. The number of piperazine rings is 1. The van der Waals surface area contributed by atoms with E-state index in [0.29, 0.717) is 65.9 Å². The van der Waals surface area contributed by atoms with E-state index in [4.69, 9.17) is 19.7 Å². The maximum atomic E-state index is 17.1. The van der Waals surface area contributed by atoms with Crippen molar-refractivity contribution in [2.24, 2.45) is 11.3 Å². The molecule has 0 spiro atoms. The van der Waals surface area contributed by atoms with E-state index in [1.165, 1.54) is 6.07 Å². The van der Waals surface area contributed by atoms with Crippen LogP contribution >= 0.6 is 0 Å². The largest absolute Gasteiger partial charge is 0.522 e. The number of nitrogens with zero attached hydrogens (tertiary/aromatic N) is 5. The summed E-state index contributed by atoms with van der Waals surface area (Å²) in [4.78, 5) is 18.9. The van der Waals surface area contributed by atoms with Gasteiger partial charge in [-0.2, -0.15) is 9.97 Å². The number of hydrogen-bond acceptors (Lipinski definition) is 8. The zero-order valence-electron chi connectivity index (χ0n) is 28.4. The lowest BCUT2D eigenvalue weighted by molar-refractivity contribution is -0.340. The van der Waals surface area contributed by atoms with Crippen LogP contribution in [0.3, 0.4) is 0 Å². The quantitative estimate of drug-likeness (QED) is 0.199. The molecule has 1 saturated carbocycles. The van der Waals surface area contributed by atoms with Crippen LogP contribution in [0, 0.1) is 29.9 Å². The smallest absolute Gasteiger partial charge is 0.463 e. The summed E-state index contributed by atoms with van der Waals surface area (Å²) in [5.74, 6) is -0.244. The Kier molecular flexibility index (Phi) is 8.38. The second-order valence-electron chi connectivity index (χ2n) is 14.7. The minimum atomic E-state index is -4.65. The normalized spacial score (nSPS) is 24.8. The van der Waals surface area contributed by atoms with Gasteiger partial charge in [-0.05, 0) is 67.3 Å². The lowest BCUT2D eigenvalue weighted by Crippen LogP contribution is -2.60. The number of alkyl halides is 3. The number of hydrogen-bond donors (Lipinski definition) is 1. The zero-order chi connectivity index (χ0) is 34.9. The zero-order valence-corrected chi connectivity index (χ0v) is 28.4. The van der Waals surface area contributed by atoms with Crippen molar-refractivity contribution in [2.75, 3.05) is 44.2 Å². The number of likely N-dealkylation sites (tertiary alicyclic amines) is 1. The van der Waals surface area contributed by atoms with Crippen molar-refractivity contribution in [3.8, 4) is 17.3 Å². The fraction of sp³-hybridized carbons (Fsp3) is 0.541. The van der Waals surface area contributed by atoms with E-state index in [1.54, 1.807) is 19.1 Å². The number of anilines is 1. The Balaban J connectivity index is 1.19. The summed E-state index contributed by atoms with van der Waals surface area (Å²) < 4.78 is 81.0. The number of nitrogens with one attached hydrogen (secondary N) is 1. The molecule has 8 rings (SSSR count). The number of aryl methyl sites for hydroxylation is 1. The van der Waals surface area contributed by atoms with Crippen molar-refractivity contribution < 1.29 is 31.4 Å². The van der Waals surface area contributed by atoms with Gasteiger partial charge in [0.2, 0.25) is 0 Å². The second kappa shape index (κ2) is 12.5. The lowest BCUT2D eigenvalue weighted by Gasteiger charge is -2.44. The fourth-order valence-electron chi connectivity index (χ4n) is 8.60. The summed E-state index contributed by atoms with van der Waals surface area (Å²) in [5, 5.41) is 5.62. The molecule has 266 valence electrons. The SMILES string of the molecule is CC[C@@H]1NCCN2c3nc(OCC4(CN5CC[C@H](OC(F)(F)F)C5)CC4)nc4c(F)c(-c5cccc6ccc(F)c(C)c56)nc(c34)C[C@H](C)[C@@H]12. The summed E-state index contributed by atoms with van der Waals surface area (Å²) in [7, 11) is 0. The molecule has 4 atom stereocenters. The van der Waals surface area contributed by atoms with Gasteiger partial charge in [0.15, 0.2) is 5.82 Å². The average Bonchev–Trinajstić information content (AvgIpc) is 3.75. The third kappa shape index (κ3) is 6.04. The molecule has 0 unspecified atom stereocenters. The first kappa shape index (κ1) is 33.5. The Morgan fingerprint density at radius 1 is 1.04 bits per heavy atom. The van der Waals surface area contributed by atoms with Crippen molar-refractivity contribution in [2.45, 2.75) is 77.4 Å². The molecule has 50 heavy (non-hydrogen) atoms. The third-order valence-corrected chi connectivity index (χ3v) is 11.2. The van der Waals surface area contributed by atoms with Gasteiger partial charge in [-0.15, -0.1) is 13.2 Å². The molecule has 2 aromatic heterocycles. The van der Waals surface area contributed by atoms with E-state index >= 15 is 4.39 Å². The fourth-order valence-corrected chi connectivity index (χ4v) is 8.60. The minimum absolute atomic E-state index is 0.0560. The van der Waals surface area contributed by atoms with Crippen LogP contribution in [0.15, 0.2) is 30.3 Å². The van der Waals surface area contributed by atoms with Gasteiger partial charge in [0, 0.05) is 55.8 Å². The van der Waals surface area contributed by atoms with Gasteiger partial charge in [-0.25, -0.2) is 13.8 Å². The molecule has 1 aliphatic carbocycles. The molecule has 8 nitrogen and oxygen atoms in total. The highest BCUT2D eigenvalue weighted by Gasteiger charge is 2.47. The molecule has 0 amide bonds. The predicted octanol–water partition coefficient (Wildman–Crippen LogP) is 6.95. The van der Waals surface area contributed by atoms with Gasteiger partial charge in [-0.3, -0.25) is 9.64 Å². The summed E-state index contributed by atoms with van der Waals surface area (Å²) in [6.45, 7) is 9.00. The molecular weight excluding hydrogens is 655 g/mol. The lowest BCUT2D eigenvalue weighted by atomic mass is 9.87. The van der Waals surface area contributed by atoms with Crippen LogP contribution in [-0.4, -0.2) is 83.7 Å². The van der Waals surface area contributed by atoms with E-state index in [0.717, 1.165) is 31.2 Å². The Morgan fingerprint density at radius 3 is 2.62 bits per heavy atom. The van der Waals surface area contributed by atoms with Crippen LogP contribution in [-0.2, 0) is 11.2 Å². The highest BCUT2D eigenvalue weighted by atomic mass is 19.4. The Bertz CT molecular complexity index is 1950. The van der Waals surface area contributed by atoms with E-state index < -0.39 is 18.3 Å². The number of benzene rings is 2. The predicted molar refractivity (Wildman–Crippen MR) is 180 cm³/mol. The van der Waals surface area contributed by atoms with Crippen LogP contribution in [0.2, 0.25) is 0 Å². The maximum absolute atomic E-state index is 17.1. The minimum Gasteiger partial charge on any atom is -0.463 e. The van der Waals surface area contributed by atoms with E-state index in [9.17, 15) is 17.6 Å². The summed E-state index contributed by atoms with van der Waals surface area (Å²) >= 11 is 0. The Hall–Kier alpha value is -3.68. The summed E-state index contributed by atoms with van der Waals surface area (Å²) in [5.41, 5.74) is 1.59. The van der Waals surface area contributed by atoms with Crippen LogP contribution in [0.1, 0.15) is 50.8 Å². The molecule has 3 fully saturated rings. The molecule has 1 N–H and O–H groups in total. The van der Waals surface area contributed by atoms with Gasteiger partial charge in [0.1, 0.15) is 22.8 Å². The third-order valence-electron chi connectivity index (χ3n) is 11.2. The molecule has 4 aromatic rings. The average molecular weight is 697 g/mol. The van der Waals surface area contributed by atoms with Gasteiger partial charge >= 0.3 is 12.4 Å². The first-order chi connectivity index (χ1) is 23.9. The van der Waals surface area contributed by atoms with Crippen molar-refractivity contribution in [1.82, 2.24) is 25.2 Å². The van der Waals surface area contributed by atoms with Crippen LogP contribution in [0.25, 0.3) is 32.9 Å². The topological polar surface area (TPSA) is 75.6 Å².